The summed E-state index contributed by atoms with van der Waals surface area (Å²) in [5, 5.41) is 16.8. The minimum atomic E-state index is -0.827. The third kappa shape index (κ3) is 9.36. The zero-order chi connectivity index (χ0) is 41.1. The van der Waals surface area contributed by atoms with E-state index in [0.717, 1.165) is 41.9 Å². The fourth-order valence-electron chi connectivity index (χ4n) is 7.10. The van der Waals surface area contributed by atoms with Gasteiger partial charge in [0.1, 0.15) is 22.5 Å². The Bertz CT molecular complexity index is 2540. The molecular weight excluding hydrogens is 861 g/mol. The Kier molecular flexibility index (Phi) is 12.2. The van der Waals surface area contributed by atoms with Gasteiger partial charge in [-0.3, -0.25) is 14.0 Å². The minimum absolute atomic E-state index is 0.0818. The summed E-state index contributed by atoms with van der Waals surface area (Å²) in [6.07, 6.45) is 0.681. The van der Waals surface area contributed by atoms with Gasteiger partial charge in [-0.2, -0.15) is 9.97 Å². The van der Waals surface area contributed by atoms with Crippen molar-refractivity contribution in [3.05, 3.63) is 83.5 Å². The summed E-state index contributed by atoms with van der Waals surface area (Å²) in [6, 6.07) is 12.0. The highest BCUT2D eigenvalue weighted by Gasteiger charge is 2.22. The maximum atomic E-state index is 13.1. The van der Waals surface area contributed by atoms with E-state index in [-0.39, 0.29) is 48.2 Å². The molecule has 2 aromatic carbocycles. The Balaban J connectivity index is 0.967. The zero-order valence-electron chi connectivity index (χ0n) is 32.8. The standard InChI is InChI=1S/C38H48IN13O6/c1-38(2,55)20-42-15-21-5-7-23(26(13-21)56-3)18-52-33-29(45-37(52)54)31(41)47-35(49-33)58-12-9-25-19-50(11-10-43-25)16-22-6-8-24(27(14-22)57-4)17-51-32-28(44-36(51)53)30(40)46-34(39)48-32/h5-8,13-14,25,42-43,55H,9-12,15-20H2,1-4H3,(H,44,53)(H,45,54)(H2,40,46,48)(H2,41,47,49). The van der Waals surface area contributed by atoms with Crippen LogP contribution in [0.5, 0.6) is 17.5 Å². The number of rotatable bonds is 16. The quantitative estimate of drug-likeness (QED) is 0.0537. The number of aromatic nitrogens is 8. The number of nitrogens with two attached hydrogens (primary N) is 2. The van der Waals surface area contributed by atoms with Crippen LogP contribution in [-0.4, -0.2) is 108 Å². The van der Waals surface area contributed by atoms with Crippen LogP contribution in [0.25, 0.3) is 22.3 Å². The van der Waals surface area contributed by atoms with E-state index in [4.69, 9.17) is 25.7 Å². The number of fused-ring (bicyclic) bond motifs is 2. The molecule has 0 aliphatic carbocycles. The molecule has 0 saturated carbocycles. The molecule has 308 valence electrons. The van der Waals surface area contributed by atoms with Gasteiger partial charge in [0, 0.05) is 79.0 Å². The van der Waals surface area contributed by atoms with Crippen molar-refractivity contribution in [2.75, 3.05) is 58.5 Å². The molecule has 58 heavy (non-hydrogen) atoms. The number of methoxy groups -OCH3 is 2. The van der Waals surface area contributed by atoms with Crippen molar-refractivity contribution in [2.45, 2.75) is 58.1 Å². The average Bonchev–Trinajstić information content (AvgIpc) is 3.67. The van der Waals surface area contributed by atoms with Crippen molar-refractivity contribution in [3.8, 4) is 17.5 Å². The van der Waals surface area contributed by atoms with Gasteiger partial charge in [-0.25, -0.2) is 19.6 Å². The molecule has 4 aromatic heterocycles. The van der Waals surface area contributed by atoms with E-state index in [9.17, 15) is 14.7 Å². The molecule has 6 aromatic rings. The second-order valence-corrected chi connectivity index (χ2v) is 15.9. The van der Waals surface area contributed by atoms with Crippen LogP contribution in [0.15, 0.2) is 46.0 Å². The molecule has 7 rings (SSSR count). The lowest BCUT2D eigenvalue weighted by Gasteiger charge is -2.33. The van der Waals surface area contributed by atoms with Gasteiger partial charge in [0.15, 0.2) is 26.8 Å². The first-order valence-corrected chi connectivity index (χ1v) is 19.9. The summed E-state index contributed by atoms with van der Waals surface area (Å²) >= 11 is 1.98. The maximum Gasteiger partial charge on any atom is 0.328 e. The molecule has 1 atom stereocenters. The summed E-state index contributed by atoms with van der Waals surface area (Å²) in [5.74, 6) is 1.62. The first-order valence-electron chi connectivity index (χ1n) is 18.8. The smallest absolute Gasteiger partial charge is 0.328 e. The van der Waals surface area contributed by atoms with Gasteiger partial charge in [-0.1, -0.05) is 24.3 Å². The Morgan fingerprint density at radius 1 is 0.879 bits per heavy atom. The second-order valence-electron chi connectivity index (χ2n) is 14.9. The van der Waals surface area contributed by atoms with Crippen molar-refractivity contribution >= 4 is 56.6 Å². The monoisotopic (exact) mass is 909 g/mol. The van der Waals surface area contributed by atoms with Crippen molar-refractivity contribution in [3.63, 3.8) is 0 Å². The number of H-pyrrole nitrogens is 2. The number of hydrogen-bond donors (Lipinski definition) is 7. The van der Waals surface area contributed by atoms with E-state index in [2.05, 4.69) is 45.4 Å². The molecule has 0 amide bonds. The van der Waals surface area contributed by atoms with Crippen LogP contribution in [0, 0.1) is 3.83 Å². The van der Waals surface area contributed by atoms with E-state index >= 15 is 0 Å². The summed E-state index contributed by atoms with van der Waals surface area (Å²) < 4.78 is 20.9. The van der Waals surface area contributed by atoms with Gasteiger partial charge >= 0.3 is 17.4 Å². The predicted octanol–water partition coefficient (Wildman–Crippen LogP) is 1.54. The normalized spacial score (nSPS) is 15.0. The third-order valence-corrected chi connectivity index (χ3v) is 10.4. The van der Waals surface area contributed by atoms with E-state index in [0.29, 0.717) is 70.3 Å². The van der Waals surface area contributed by atoms with Crippen LogP contribution in [0.1, 0.15) is 42.5 Å². The van der Waals surface area contributed by atoms with Crippen LogP contribution in [-0.2, 0) is 26.2 Å². The Morgan fingerprint density at radius 2 is 1.48 bits per heavy atom. The number of aliphatic hydroxyl groups is 1. The van der Waals surface area contributed by atoms with Crippen LogP contribution in [0.2, 0.25) is 0 Å². The van der Waals surface area contributed by atoms with Gasteiger partial charge in [0.2, 0.25) is 0 Å². The second kappa shape index (κ2) is 17.3. The van der Waals surface area contributed by atoms with Gasteiger partial charge in [-0.05, 0) is 43.5 Å². The number of nitrogens with one attached hydrogen (secondary N) is 4. The number of benzene rings is 2. The fourth-order valence-corrected chi connectivity index (χ4v) is 7.58. The third-order valence-electron chi connectivity index (χ3n) is 9.94. The van der Waals surface area contributed by atoms with Crippen LogP contribution in [0.3, 0.4) is 0 Å². The van der Waals surface area contributed by atoms with Gasteiger partial charge in [-0.15, -0.1) is 0 Å². The number of ether oxygens (including phenoxy) is 3. The molecule has 1 aliphatic rings. The van der Waals surface area contributed by atoms with Gasteiger partial charge in [0.05, 0.1) is 39.5 Å². The molecule has 9 N–H and O–H groups in total. The van der Waals surface area contributed by atoms with E-state index in [1.165, 1.54) is 9.13 Å². The van der Waals surface area contributed by atoms with Gasteiger partial charge < -0.3 is 51.4 Å². The highest BCUT2D eigenvalue weighted by molar-refractivity contribution is 14.1. The van der Waals surface area contributed by atoms with Crippen molar-refractivity contribution in [1.82, 2.24) is 54.6 Å². The highest BCUT2D eigenvalue weighted by Crippen LogP contribution is 2.26. The molecule has 5 heterocycles. The lowest BCUT2D eigenvalue weighted by Crippen LogP contribution is -2.50. The predicted molar refractivity (Wildman–Crippen MR) is 227 cm³/mol. The summed E-state index contributed by atoms with van der Waals surface area (Å²) in [5.41, 5.74) is 15.9. The largest absolute Gasteiger partial charge is 0.496 e. The highest BCUT2D eigenvalue weighted by atomic mass is 127. The molecule has 0 radical (unpaired) electrons. The van der Waals surface area contributed by atoms with E-state index in [1.54, 1.807) is 28.1 Å². The number of halogens is 1. The summed E-state index contributed by atoms with van der Waals surface area (Å²) in [4.78, 5) is 51.3. The summed E-state index contributed by atoms with van der Waals surface area (Å²) in [6.45, 7) is 8.38. The number of nitrogen functional groups attached to an aromatic ring is 2. The number of aromatic amines is 2. The van der Waals surface area contributed by atoms with Crippen LogP contribution < -0.4 is 47.7 Å². The van der Waals surface area contributed by atoms with Crippen LogP contribution >= 0.6 is 22.6 Å². The maximum absolute atomic E-state index is 13.1. The molecular formula is C38H48IN13O6. The molecule has 1 fully saturated rings. The lowest BCUT2D eigenvalue weighted by molar-refractivity contribution is 0.0795. The Labute approximate surface area is 346 Å². The van der Waals surface area contributed by atoms with Crippen LogP contribution in [0.4, 0.5) is 11.6 Å². The average molecular weight is 910 g/mol. The summed E-state index contributed by atoms with van der Waals surface area (Å²) in [7, 11) is 3.20. The number of anilines is 2. The number of imidazole rings is 2. The Morgan fingerprint density at radius 3 is 2.12 bits per heavy atom. The zero-order valence-corrected chi connectivity index (χ0v) is 34.9. The topological polar surface area (TPSA) is 254 Å². The lowest BCUT2D eigenvalue weighted by atomic mass is 10.1. The first-order chi connectivity index (χ1) is 27.8. The van der Waals surface area contributed by atoms with E-state index in [1.807, 2.05) is 59.0 Å². The molecule has 1 aliphatic heterocycles. The number of hydrogen-bond acceptors (Lipinski definition) is 15. The van der Waals surface area contributed by atoms with Crippen molar-refractivity contribution in [1.29, 1.82) is 0 Å². The van der Waals surface area contributed by atoms with Crippen molar-refractivity contribution in [2.24, 2.45) is 0 Å². The molecule has 1 unspecified atom stereocenters. The molecule has 19 nitrogen and oxygen atoms in total. The molecule has 0 spiro atoms. The Hall–Kier alpha value is -5.29. The minimum Gasteiger partial charge on any atom is -0.496 e. The van der Waals surface area contributed by atoms with E-state index < -0.39 is 5.60 Å². The van der Waals surface area contributed by atoms with Gasteiger partial charge in [0.25, 0.3) is 0 Å². The molecule has 0 bridgehead atoms. The SMILES string of the molecule is COc1cc(CN2CCNC(CCOc3nc(N)c4[nH]c(=O)n(Cc5ccc(CNCC(C)(C)O)cc5OC)c4n3)C2)ccc1Cn1c(=O)[nH]c2c(N)nc(I)nc21. The molecule has 20 heteroatoms. The number of piperazine rings is 1. The fraction of sp³-hybridized carbons (Fsp3) is 0.421. The van der Waals surface area contributed by atoms with Crippen molar-refractivity contribution < 1.29 is 19.3 Å². The number of nitrogens with zero attached hydrogens (tertiary/aromatic N) is 7. The molecule has 1 saturated heterocycles. The first kappa shape index (κ1) is 40.9.